The van der Waals surface area contributed by atoms with E-state index in [9.17, 15) is 9.50 Å². The molecule has 1 unspecified atom stereocenters. The highest BCUT2D eigenvalue weighted by molar-refractivity contribution is 5.56. The monoisotopic (exact) mass is 256 g/mol. The number of benzene rings is 1. The first-order valence-electron chi connectivity index (χ1n) is 6.03. The molecule has 2 aromatic heterocycles. The maximum atomic E-state index is 13.6. The number of hydrogen-bond donors (Lipinski definition) is 1. The van der Waals surface area contributed by atoms with E-state index in [-0.39, 0.29) is 5.82 Å². The molecule has 1 N–H and O–H groups in total. The Balaban J connectivity index is 2.08. The van der Waals surface area contributed by atoms with Crippen LogP contribution in [0.1, 0.15) is 22.8 Å². The Hall–Kier alpha value is -2.20. The van der Waals surface area contributed by atoms with Crippen LogP contribution in [0.3, 0.4) is 0 Å². The number of aliphatic hydroxyl groups is 1. The summed E-state index contributed by atoms with van der Waals surface area (Å²) in [6.45, 7) is 1.70. The summed E-state index contributed by atoms with van der Waals surface area (Å²) >= 11 is 0. The van der Waals surface area contributed by atoms with Crippen molar-refractivity contribution in [3.63, 3.8) is 0 Å². The zero-order valence-corrected chi connectivity index (χ0v) is 10.4. The van der Waals surface area contributed by atoms with E-state index in [0.717, 1.165) is 5.52 Å². The molecule has 3 aromatic rings. The van der Waals surface area contributed by atoms with Crippen LogP contribution in [-0.2, 0) is 0 Å². The highest BCUT2D eigenvalue weighted by Crippen LogP contribution is 2.26. The van der Waals surface area contributed by atoms with E-state index in [1.807, 2.05) is 18.2 Å². The van der Waals surface area contributed by atoms with Crippen LogP contribution < -0.4 is 0 Å². The fraction of sp³-hybridized carbons (Fsp3) is 0.133. The zero-order valence-electron chi connectivity index (χ0n) is 10.4. The molecule has 3 nitrogen and oxygen atoms in total. The van der Waals surface area contributed by atoms with Crippen molar-refractivity contribution in [2.24, 2.45) is 0 Å². The summed E-state index contributed by atoms with van der Waals surface area (Å²) in [7, 11) is 0. The highest BCUT2D eigenvalue weighted by Gasteiger charge is 2.16. The Morgan fingerprint density at radius 3 is 2.89 bits per heavy atom. The van der Waals surface area contributed by atoms with Crippen molar-refractivity contribution < 1.29 is 9.50 Å². The lowest BCUT2D eigenvalue weighted by molar-refractivity contribution is 0.221. The number of rotatable bonds is 2. The minimum absolute atomic E-state index is 0.312. The molecular weight excluding hydrogens is 243 g/mol. The fourth-order valence-corrected chi connectivity index (χ4v) is 2.12. The smallest absolute Gasteiger partial charge is 0.126 e. The summed E-state index contributed by atoms with van der Waals surface area (Å²) < 4.78 is 15.2. The van der Waals surface area contributed by atoms with Crippen molar-refractivity contribution in [2.45, 2.75) is 13.0 Å². The molecule has 2 heterocycles. The number of halogens is 1. The summed E-state index contributed by atoms with van der Waals surface area (Å²) in [5.41, 5.74) is 2.58. The van der Waals surface area contributed by atoms with E-state index in [1.54, 1.807) is 36.0 Å². The lowest BCUT2D eigenvalue weighted by Gasteiger charge is -2.10. The van der Waals surface area contributed by atoms with Crippen molar-refractivity contribution >= 4 is 5.52 Å². The Labute approximate surface area is 109 Å². The Bertz CT molecular complexity index is 736. The van der Waals surface area contributed by atoms with Gasteiger partial charge in [-0.2, -0.15) is 5.10 Å². The van der Waals surface area contributed by atoms with Crippen molar-refractivity contribution in [3.05, 3.63) is 71.3 Å². The first kappa shape index (κ1) is 11.9. The van der Waals surface area contributed by atoms with Crippen LogP contribution in [-0.4, -0.2) is 14.7 Å². The van der Waals surface area contributed by atoms with Crippen molar-refractivity contribution in [1.29, 1.82) is 0 Å². The summed E-state index contributed by atoms with van der Waals surface area (Å²) in [5.74, 6) is -0.312. The van der Waals surface area contributed by atoms with Crippen LogP contribution >= 0.6 is 0 Å². The number of hydrogen-bond acceptors (Lipinski definition) is 2. The normalized spacial score (nSPS) is 12.8. The number of pyridine rings is 1. The molecular formula is C15H13FN2O. The van der Waals surface area contributed by atoms with E-state index in [2.05, 4.69) is 5.10 Å². The van der Waals surface area contributed by atoms with Gasteiger partial charge in [0.15, 0.2) is 0 Å². The second kappa shape index (κ2) is 4.48. The molecule has 0 fully saturated rings. The maximum absolute atomic E-state index is 13.6. The van der Waals surface area contributed by atoms with Crippen LogP contribution in [0.4, 0.5) is 4.39 Å². The van der Waals surface area contributed by atoms with Gasteiger partial charge in [-0.05, 0) is 36.2 Å². The van der Waals surface area contributed by atoms with Gasteiger partial charge in [-0.15, -0.1) is 0 Å². The van der Waals surface area contributed by atoms with Crippen molar-refractivity contribution in [2.75, 3.05) is 0 Å². The lowest BCUT2D eigenvalue weighted by Crippen LogP contribution is -2.00. The average molecular weight is 256 g/mol. The molecule has 0 spiro atoms. The summed E-state index contributed by atoms with van der Waals surface area (Å²) in [6.07, 6.45) is 2.54. The summed E-state index contributed by atoms with van der Waals surface area (Å²) in [6, 6.07) is 10.4. The third-order valence-electron chi connectivity index (χ3n) is 3.26. The van der Waals surface area contributed by atoms with E-state index in [4.69, 9.17) is 0 Å². The van der Waals surface area contributed by atoms with Gasteiger partial charge in [0.05, 0.1) is 11.7 Å². The molecule has 19 heavy (non-hydrogen) atoms. The van der Waals surface area contributed by atoms with Gasteiger partial charge in [-0.3, -0.25) is 0 Å². The Morgan fingerprint density at radius 2 is 2.11 bits per heavy atom. The third kappa shape index (κ3) is 2.00. The van der Waals surface area contributed by atoms with E-state index < -0.39 is 6.10 Å². The Morgan fingerprint density at radius 1 is 1.26 bits per heavy atom. The molecule has 1 aromatic carbocycles. The zero-order chi connectivity index (χ0) is 13.4. The van der Waals surface area contributed by atoms with Crippen molar-refractivity contribution in [1.82, 2.24) is 9.61 Å². The molecule has 1 atom stereocenters. The highest BCUT2D eigenvalue weighted by atomic mass is 19.1. The van der Waals surface area contributed by atoms with Gasteiger partial charge >= 0.3 is 0 Å². The molecule has 0 saturated heterocycles. The molecule has 96 valence electrons. The molecule has 0 aliphatic carbocycles. The minimum atomic E-state index is -0.880. The maximum Gasteiger partial charge on any atom is 0.126 e. The van der Waals surface area contributed by atoms with Gasteiger partial charge in [0.25, 0.3) is 0 Å². The van der Waals surface area contributed by atoms with Crippen LogP contribution in [0.15, 0.2) is 48.8 Å². The predicted molar refractivity (Wildman–Crippen MR) is 70.4 cm³/mol. The van der Waals surface area contributed by atoms with Crippen molar-refractivity contribution in [3.8, 4) is 0 Å². The Kier molecular flexibility index (Phi) is 2.80. The second-order valence-electron chi connectivity index (χ2n) is 4.54. The fourth-order valence-electron chi connectivity index (χ4n) is 2.12. The quantitative estimate of drug-likeness (QED) is 0.765. The topological polar surface area (TPSA) is 37.5 Å². The van der Waals surface area contributed by atoms with Crippen LogP contribution in [0.25, 0.3) is 5.52 Å². The minimum Gasteiger partial charge on any atom is -0.384 e. The molecule has 3 rings (SSSR count). The third-order valence-corrected chi connectivity index (χ3v) is 3.26. The van der Waals surface area contributed by atoms with Gasteiger partial charge in [-0.1, -0.05) is 18.2 Å². The number of aliphatic hydroxyl groups excluding tert-OH is 1. The SMILES string of the molecule is Cc1ccc(C(O)c2cnn3ccccc23)cc1F. The van der Waals surface area contributed by atoms with Gasteiger partial charge in [0, 0.05) is 11.8 Å². The van der Waals surface area contributed by atoms with Crippen LogP contribution in [0, 0.1) is 12.7 Å². The van der Waals surface area contributed by atoms with E-state index in [1.165, 1.54) is 6.07 Å². The molecule has 0 aliphatic heterocycles. The van der Waals surface area contributed by atoms with Gasteiger partial charge in [-0.25, -0.2) is 8.91 Å². The standard InChI is InChI=1S/C15H13FN2O/c1-10-5-6-11(8-13(10)16)15(19)12-9-17-18-7-3-2-4-14(12)18/h2-9,15,19H,1H3. The van der Waals surface area contributed by atoms with Crippen LogP contribution in [0.5, 0.6) is 0 Å². The van der Waals surface area contributed by atoms with E-state index >= 15 is 0 Å². The number of nitrogens with zero attached hydrogens (tertiary/aromatic N) is 2. The van der Waals surface area contributed by atoms with Gasteiger partial charge in [0.1, 0.15) is 11.9 Å². The lowest BCUT2D eigenvalue weighted by atomic mass is 10.0. The average Bonchev–Trinajstić information content (AvgIpc) is 2.85. The molecule has 4 heteroatoms. The molecule has 0 aliphatic rings. The molecule has 0 amide bonds. The molecule has 0 bridgehead atoms. The number of aryl methyl sites for hydroxylation is 1. The largest absolute Gasteiger partial charge is 0.384 e. The van der Waals surface area contributed by atoms with Gasteiger partial charge < -0.3 is 5.11 Å². The first-order chi connectivity index (χ1) is 9.16. The summed E-state index contributed by atoms with van der Waals surface area (Å²) in [5, 5.41) is 14.5. The summed E-state index contributed by atoms with van der Waals surface area (Å²) in [4.78, 5) is 0. The number of aromatic nitrogens is 2. The molecule has 0 radical (unpaired) electrons. The van der Waals surface area contributed by atoms with Crippen LogP contribution in [0.2, 0.25) is 0 Å². The second-order valence-corrected chi connectivity index (χ2v) is 4.54. The van der Waals surface area contributed by atoms with E-state index in [0.29, 0.717) is 16.7 Å². The predicted octanol–water partition coefficient (Wildman–Crippen LogP) is 2.86. The van der Waals surface area contributed by atoms with Gasteiger partial charge in [0.2, 0.25) is 0 Å². The first-order valence-corrected chi connectivity index (χ1v) is 6.03. The number of fused-ring (bicyclic) bond motifs is 1. The molecule has 0 saturated carbocycles.